The third-order valence-electron chi connectivity index (χ3n) is 4.54. The number of rotatable bonds is 5. The van der Waals surface area contributed by atoms with Gasteiger partial charge in [-0.3, -0.25) is 4.79 Å². The fraction of sp³-hybridized carbons (Fsp3) is 0.706. The monoisotopic (exact) mass is 344 g/mol. The summed E-state index contributed by atoms with van der Waals surface area (Å²) >= 11 is 1.69. The second-order valence-corrected chi connectivity index (χ2v) is 7.97. The Bertz CT molecular complexity index is 501. The summed E-state index contributed by atoms with van der Waals surface area (Å²) < 4.78 is 0. The zero-order valence-electron chi connectivity index (χ0n) is 14.1. The molecular weight excluding hydrogens is 316 g/mol. The zero-order chi connectivity index (χ0) is 15.6. The molecule has 0 saturated carbocycles. The van der Waals surface area contributed by atoms with Crippen LogP contribution in [0.4, 0.5) is 0 Å². The minimum atomic E-state index is 0. The van der Waals surface area contributed by atoms with E-state index in [-0.39, 0.29) is 24.4 Å². The largest absolute Gasteiger partial charge is 0.341 e. The molecule has 3 nitrogen and oxygen atoms in total. The smallest absolute Gasteiger partial charge is 0.263 e. The highest BCUT2D eigenvalue weighted by molar-refractivity contribution is 7.14. The number of carbonyl (C=O) groups is 1. The van der Waals surface area contributed by atoms with E-state index in [9.17, 15) is 4.79 Å². The number of thiophene rings is 1. The third-order valence-corrected chi connectivity index (χ3v) is 5.77. The molecule has 0 radical (unpaired) electrons. The number of amides is 1. The molecule has 0 aliphatic heterocycles. The van der Waals surface area contributed by atoms with E-state index in [1.165, 1.54) is 16.9 Å². The van der Waals surface area contributed by atoms with Gasteiger partial charge in [0.1, 0.15) is 0 Å². The predicted octanol–water partition coefficient (Wildman–Crippen LogP) is 3.74. The van der Waals surface area contributed by atoms with E-state index < -0.39 is 0 Å². The third kappa shape index (κ3) is 4.71. The number of fused-ring (bicyclic) bond motifs is 1. The topological polar surface area (TPSA) is 46.3 Å². The molecule has 126 valence electrons. The van der Waals surface area contributed by atoms with Gasteiger partial charge in [-0.05, 0) is 49.1 Å². The van der Waals surface area contributed by atoms with Gasteiger partial charge < -0.3 is 10.6 Å². The molecule has 0 bridgehead atoms. The van der Waals surface area contributed by atoms with Crippen LogP contribution in [0.15, 0.2) is 6.07 Å². The summed E-state index contributed by atoms with van der Waals surface area (Å²) in [5, 5.41) is 0. The normalized spacial score (nSPS) is 18.5. The highest BCUT2D eigenvalue weighted by atomic mass is 35.5. The Morgan fingerprint density at radius 1 is 1.50 bits per heavy atom. The maximum atomic E-state index is 12.5. The van der Waals surface area contributed by atoms with E-state index in [0.717, 1.165) is 36.6 Å². The highest BCUT2D eigenvalue weighted by Crippen LogP contribution is 2.32. The lowest BCUT2D eigenvalue weighted by atomic mass is 9.90. The molecule has 2 atom stereocenters. The fourth-order valence-corrected chi connectivity index (χ4v) is 3.98. The predicted molar refractivity (Wildman–Crippen MR) is 97.1 cm³/mol. The van der Waals surface area contributed by atoms with Gasteiger partial charge in [-0.15, -0.1) is 23.7 Å². The molecule has 2 rings (SSSR count). The van der Waals surface area contributed by atoms with Crippen molar-refractivity contribution in [1.82, 2.24) is 4.90 Å². The standard InChI is InChI=1S/C17H28N2OS.ClH/c1-11(2)14(18)7-8-19(4)17(20)16-10-13-9-12(3)5-6-15(13)21-16;/h10-12,14H,5-9,18H2,1-4H3;1H. The maximum Gasteiger partial charge on any atom is 0.263 e. The van der Waals surface area contributed by atoms with Gasteiger partial charge in [0.25, 0.3) is 5.91 Å². The first-order valence-corrected chi connectivity index (χ1v) is 8.82. The molecular formula is C17H29ClN2OS. The lowest BCUT2D eigenvalue weighted by Gasteiger charge is -2.21. The van der Waals surface area contributed by atoms with Gasteiger partial charge in [0.15, 0.2) is 0 Å². The molecule has 1 amide bonds. The van der Waals surface area contributed by atoms with Gasteiger partial charge in [-0.2, -0.15) is 0 Å². The fourth-order valence-electron chi connectivity index (χ4n) is 2.78. The van der Waals surface area contributed by atoms with Gasteiger partial charge in [-0.1, -0.05) is 20.8 Å². The van der Waals surface area contributed by atoms with Crippen LogP contribution in [0.25, 0.3) is 0 Å². The average molecular weight is 345 g/mol. The Kier molecular flexibility index (Phi) is 7.36. The first-order valence-electron chi connectivity index (χ1n) is 8.01. The van der Waals surface area contributed by atoms with E-state index in [2.05, 4.69) is 26.8 Å². The zero-order valence-corrected chi connectivity index (χ0v) is 15.7. The van der Waals surface area contributed by atoms with Gasteiger partial charge in [-0.25, -0.2) is 0 Å². The molecule has 1 aromatic rings. The van der Waals surface area contributed by atoms with Gasteiger partial charge >= 0.3 is 0 Å². The van der Waals surface area contributed by atoms with Crippen LogP contribution in [0.5, 0.6) is 0 Å². The van der Waals surface area contributed by atoms with Crippen molar-refractivity contribution in [2.45, 2.75) is 52.5 Å². The Labute approximate surface area is 144 Å². The molecule has 1 aliphatic carbocycles. The van der Waals surface area contributed by atoms with Crippen molar-refractivity contribution in [3.63, 3.8) is 0 Å². The van der Waals surface area contributed by atoms with Crippen LogP contribution in [0.3, 0.4) is 0 Å². The molecule has 22 heavy (non-hydrogen) atoms. The minimum Gasteiger partial charge on any atom is -0.341 e. The molecule has 1 aromatic heterocycles. The summed E-state index contributed by atoms with van der Waals surface area (Å²) in [4.78, 5) is 16.7. The quantitative estimate of drug-likeness (QED) is 0.884. The van der Waals surface area contributed by atoms with Crippen molar-refractivity contribution >= 4 is 29.7 Å². The average Bonchev–Trinajstić information content (AvgIpc) is 2.86. The Morgan fingerprint density at radius 3 is 2.82 bits per heavy atom. The Morgan fingerprint density at radius 2 is 2.18 bits per heavy atom. The summed E-state index contributed by atoms with van der Waals surface area (Å²) in [5.41, 5.74) is 7.46. The number of nitrogens with two attached hydrogens (primary N) is 1. The lowest BCUT2D eigenvalue weighted by Crippen LogP contribution is -2.34. The van der Waals surface area contributed by atoms with E-state index in [1.54, 1.807) is 11.3 Å². The van der Waals surface area contributed by atoms with Crippen LogP contribution in [-0.2, 0) is 12.8 Å². The van der Waals surface area contributed by atoms with Gasteiger partial charge in [0.05, 0.1) is 4.88 Å². The molecule has 2 unspecified atom stereocenters. The molecule has 0 fully saturated rings. The number of hydrogen-bond acceptors (Lipinski definition) is 3. The lowest BCUT2D eigenvalue weighted by molar-refractivity contribution is 0.0794. The molecule has 1 heterocycles. The number of nitrogens with zero attached hydrogens (tertiary/aromatic N) is 1. The van der Waals surface area contributed by atoms with Gasteiger partial charge in [0.2, 0.25) is 0 Å². The van der Waals surface area contributed by atoms with Gasteiger partial charge in [0, 0.05) is 24.5 Å². The summed E-state index contributed by atoms with van der Waals surface area (Å²) in [7, 11) is 1.89. The number of aryl methyl sites for hydroxylation is 1. The van der Waals surface area contributed by atoms with Crippen molar-refractivity contribution in [2.75, 3.05) is 13.6 Å². The van der Waals surface area contributed by atoms with Crippen molar-refractivity contribution in [1.29, 1.82) is 0 Å². The SMILES string of the molecule is CC1CCc2sc(C(=O)N(C)CCC(N)C(C)C)cc2C1.Cl. The second kappa shape index (κ2) is 8.32. The molecule has 0 aromatic carbocycles. The first-order chi connectivity index (χ1) is 9.88. The maximum absolute atomic E-state index is 12.5. The number of hydrogen-bond donors (Lipinski definition) is 1. The van der Waals surface area contributed by atoms with Crippen LogP contribution < -0.4 is 5.73 Å². The van der Waals surface area contributed by atoms with Crippen LogP contribution in [-0.4, -0.2) is 30.4 Å². The molecule has 0 saturated heterocycles. The van der Waals surface area contributed by atoms with E-state index in [0.29, 0.717) is 5.92 Å². The second-order valence-electron chi connectivity index (χ2n) is 6.83. The number of halogens is 1. The summed E-state index contributed by atoms with van der Waals surface area (Å²) in [6.07, 6.45) is 4.37. The van der Waals surface area contributed by atoms with Crippen molar-refractivity contribution in [3.8, 4) is 0 Å². The summed E-state index contributed by atoms with van der Waals surface area (Å²) in [6, 6.07) is 2.29. The summed E-state index contributed by atoms with van der Waals surface area (Å²) in [5.74, 6) is 1.36. The molecule has 1 aliphatic rings. The van der Waals surface area contributed by atoms with Crippen molar-refractivity contribution in [2.24, 2.45) is 17.6 Å². The Hall–Kier alpha value is -0.580. The van der Waals surface area contributed by atoms with Crippen LogP contribution in [0.2, 0.25) is 0 Å². The van der Waals surface area contributed by atoms with E-state index in [1.807, 2.05) is 11.9 Å². The molecule has 5 heteroatoms. The summed E-state index contributed by atoms with van der Waals surface area (Å²) in [6.45, 7) is 7.28. The van der Waals surface area contributed by atoms with Crippen molar-refractivity contribution in [3.05, 3.63) is 21.4 Å². The first kappa shape index (κ1) is 19.5. The molecule has 2 N–H and O–H groups in total. The van der Waals surface area contributed by atoms with E-state index >= 15 is 0 Å². The Balaban J connectivity index is 0.00000242. The minimum absolute atomic E-state index is 0. The van der Waals surface area contributed by atoms with Crippen molar-refractivity contribution < 1.29 is 4.79 Å². The van der Waals surface area contributed by atoms with Crippen LogP contribution in [0, 0.1) is 11.8 Å². The van der Waals surface area contributed by atoms with Crippen LogP contribution in [0.1, 0.15) is 53.7 Å². The molecule has 0 spiro atoms. The van der Waals surface area contributed by atoms with E-state index in [4.69, 9.17) is 5.73 Å². The van der Waals surface area contributed by atoms with Crippen LogP contribution >= 0.6 is 23.7 Å². The highest BCUT2D eigenvalue weighted by Gasteiger charge is 2.22. The number of carbonyl (C=O) groups excluding carboxylic acids is 1.